The molecule has 1 atom stereocenters. The Bertz CT molecular complexity index is 521. The molecule has 1 aromatic heterocycles. The summed E-state index contributed by atoms with van der Waals surface area (Å²) in [6.07, 6.45) is 2.23. The van der Waals surface area contributed by atoms with Crippen molar-refractivity contribution in [3.8, 4) is 0 Å². The van der Waals surface area contributed by atoms with Gasteiger partial charge in [-0.1, -0.05) is 11.6 Å². The molecular weight excluding hydrogens is 248 g/mol. The average molecular weight is 260 g/mol. The second-order valence-electron chi connectivity index (χ2n) is 4.01. The molecule has 7 nitrogen and oxygen atoms in total. The highest BCUT2D eigenvalue weighted by atomic mass is 32.2. The summed E-state index contributed by atoms with van der Waals surface area (Å²) in [6.45, 7) is 0. The number of carbonyl (C=O) groups is 1. The van der Waals surface area contributed by atoms with Crippen LogP contribution in [0.4, 0.5) is 0 Å². The van der Waals surface area contributed by atoms with E-state index in [0.717, 1.165) is 6.42 Å². The Morgan fingerprint density at radius 1 is 1.47 bits per heavy atom. The Morgan fingerprint density at radius 2 is 2.24 bits per heavy atom. The van der Waals surface area contributed by atoms with Gasteiger partial charge in [-0.05, 0) is 12.8 Å². The minimum atomic E-state index is -3.10. The van der Waals surface area contributed by atoms with Crippen LogP contribution in [0.2, 0.25) is 0 Å². The van der Waals surface area contributed by atoms with E-state index >= 15 is 0 Å². The highest BCUT2D eigenvalue weighted by Crippen LogP contribution is 2.22. The number of aromatic nitrogens is 2. The molecule has 1 unspecified atom stereocenters. The minimum Gasteiger partial charge on any atom is -0.474 e. The van der Waals surface area contributed by atoms with Crippen molar-refractivity contribution in [2.45, 2.75) is 30.9 Å². The number of carboxylic acids is 1. The first kappa shape index (κ1) is 12.0. The van der Waals surface area contributed by atoms with Gasteiger partial charge < -0.3 is 9.63 Å². The molecule has 0 aromatic carbocycles. The number of nitrogens with zero attached hydrogens (tertiary/aromatic N) is 2. The van der Waals surface area contributed by atoms with Crippen LogP contribution in [0.5, 0.6) is 0 Å². The number of aromatic carboxylic acids is 1. The smallest absolute Gasteiger partial charge is 0.394 e. The summed E-state index contributed by atoms with van der Waals surface area (Å²) in [6, 6.07) is 0. The van der Waals surface area contributed by atoms with Crippen LogP contribution in [0.3, 0.4) is 0 Å². The summed E-state index contributed by atoms with van der Waals surface area (Å²) in [5.41, 5.74) is 0. The highest BCUT2D eigenvalue weighted by Gasteiger charge is 2.30. The monoisotopic (exact) mass is 260 g/mol. The van der Waals surface area contributed by atoms with Crippen LogP contribution in [0, 0.1) is 0 Å². The van der Waals surface area contributed by atoms with Crippen molar-refractivity contribution in [3.05, 3.63) is 11.7 Å². The Morgan fingerprint density at radius 3 is 2.82 bits per heavy atom. The summed E-state index contributed by atoms with van der Waals surface area (Å²) in [4.78, 5) is 14.1. The molecule has 0 aliphatic carbocycles. The number of hydrogen-bond donors (Lipinski definition) is 1. The molecule has 17 heavy (non-hydrogen) atoms. The fourth-order valence-electron chi connectivity index (χ4n) is 1.88. The Hall–Kier alpha value is -1.44. The summed E-state index contributed by atoms with van der Waals surface area (Å²) in [7, 11) is -3.10. The molecule has 0 bridgehead atoms. The molecule has 1 aromatic rings. The summed E-state index contributed by atoms with van der Waals surface area (Å²) < 4.78 is 27.9. The zero-order valence-corrected chi connectivity index (χ0v) is 9.81. The first-order chi connectivity index (χ1) is 7.99. The summed E-state index contributed by atoms with van der Waals surface area (Å²) in [5.74, 6) is -1.50. The lowest BCUT2D eigenvalue weighted by Crippen LogP contribution is -2.30. The molecule has 0 saturated carbocycles. The summed E-state index contributed by atoms with van der Waals surface area (Å²) >= 11 is 0. The van der Waals surface area contributed by atoms with Gasteiger partial charge in [-0.15, -0.1) is 0 Å². The second-order valence-corrected chi connectivity index (χ2v) is 6.41. The van der Waals surface area contributed by atoms with Gasteiger partial charge in [-0.2, -0.15) is 4.98 Å². The Labute approximate surface area is 97.7 Å². The maximum Gasteiger partial charge on any atom is 0.394 e. The maximum atomic E-state index is 11.7. The van der Waals surface area contributed by atoms with Crippen LogP contribution < -0.4 is 0 Å². The van der Waals surface area contributed by atoms with Crippen LogP contribution in [0.25, 0.3) is 0 Å². The fraction of sp³-hybridized carbons (Fsp3) is 0.667. The van der Waals surface area contributed by atoms with E-state index in [9.17, 15) is 13.2 Å². The van der Waals surface area contributed by atoms with E-state index < -0.39 is 26.9 Å². The van der Waals surface area contributed by atoms with Crippen molar-refractivity contribution in [1.29, 1.82) is 0 Å². The van der Waals surface area contributed by atoms with E-state index in [0.29, 0.717) is 12.8 Å². The van der Waals surface area contributed by atoms with Crippen molar-refractivity contribution >= 4 is 15.8 Å². The predicted molar refractivity (Wildman–Crippen MR) is 56.4 cm³/mol. The molecule has 2 heterocycles. The zero-order chi connectivity index (χ0) is 12.5. The van der Waals surface area contributed by atoms with Gasteiger partial charge in [0.25, 0.3) is 0 Å². The lowest BCUT2D eigenvalue weighted by molar-refractivity contribution is 0.0643. The largest absolute Gasteiger partial charge is 0.474 e. The van der Waals surface area contributed by atoms with Crippen LogP contribution in [0.1, 0.15) is 35.8 Å². The minimum absolute atomic E-state index is 0.124. The van der Waals surface area contributed by atoms with E-state index in [2.05, 4.69) is 14.7 Å². The average Bonchev–Trinajstić information content (AvgIpc) is 2.70. The molecule has 1 N–H and O–H groups in total. The van der Waals surface area contributed by atoms with E-state index in [4.69, 9.17) is 5.11 Å². The van der Waals surface area contributed by atoms with Crippen LogP contribution in [-0.2, 0) is 16.3 Å². The van der Waals surface area contributed by atoms with Crippen molar-refractivity contribution in [2.24, 2.45) is 0 Å². The molecule has 0 spiro atoms. The van der Waals surface area contributed by atoms with Gasteiger partial charge in [0.1, 0.15) is 0 Å². The SMILES string of the molecule is O=C(O)c1nc(CC2CCCCS2(=O)=O)no1. The van der Waals surface area contributed by atoms with E-state index in [1.54, 1.807) is 0 Å². The number of carboxylic acid groups (broad SMARTS) is 1. The quantitative estimate of drug-likeness (QED) is 0.830. The van der Waals surface area contributed by atoms with Gasteiger partial charge >= 0.3 is 11.9 Å². The zero-order valence-electron chi connectivity index (χ0n) is 9.00. The predicted octanol–water partition coefficient (Wildman–Crippen LogP) is 0.278. The molecule has 1 aliphatic rings. The highest BCUT2D eigenvalue weighted by molar-refractivity contribution is 7.92. The van der Waals surface area contributed by atoms with Gasteiger partial charge in [-0.3, -0.25) is 0 Å². The lowest BCUT2D eigenvalue weighted by Gasteiger charge is -2.20. The maximum absolute atomic E-state index is 11.7. The molecule has 1 aliphatic heterocycles. The lowest BCUT2D eigenvalue weighted by atomic mass is 10.1. The number of sulfone groups is 1. The van der Waals surface area contributed by atoms with E-state index in [1.165, 1.54) is 0 Å². The van der Waals surface area contributed by atoms with Crippen LogP contribution >= 0.6 is 0 Å². The molecule has 0 radical (unpaired) electrons. The van der Waals surface area contributed by atoms with E-state index in [-0.39, 0.29) is 18.0 Å². The second kappa shape index (κ2) is 4.44. The van der Waals surface area contributed by atoms with Crippen LogP contribution in [-0.4, -0.2) is 40.6 Å². The van der Waals surface area contributed by atoms with Gasteiger partial charge in [-0.25, -0.2) is 13.2 Å². The molecule has 0 amide bonds. The third-order valence-corrected chi connectivity index (χ3v) is 5.05. The first-order valence-corrected chi connectivity index (χ1v) is 6.98. The van der Waals surface area contributed by atoms with Gasteiger partial charge in [0.05, 0.1) is 11.0 Å². The fourth-order valence-corrected chi connectivity index (χ4v) is 3.75. The van der Waals surface area contributed by atoms with Crippen molar-refractivity contribution in [2.75, 3.05) is 5.75 Å². The van der Waals surface area contributed by atoms with Gasteiger partial charge in [0, 0.05) is 6.42 Å². The molecule has 94 valence electrons. The Balaban J connectivity index is 2.11. The van der Waals surface area contributed by atoms with Crippen molar-refractivity contribution in [1.82, 2.24) is 10.1 Å². The number of hydrogen-bond acceptors (Lipinski definition) is 6. The molecular formula is C9H12N2O5S. The standard InChI is InChI=1S/C9H12N2O5S/c12-9(13)8-10-7(11-16-8)5-6-3-1-2-4-17(6,14)15/h6H,1-5H2,(H,12,13). The van der Waals surface area contributed by atoms with Gasteiger partial charge in [0.15, 0.2) is 15.7 Å². The third kappa shape index (κ3) is 2.63. The molecule has 1 fully saturated rings. The normalized spacial score (nSPS) is 23.4. The van der Waals surface area contributed by atoms with Crippen molar-refractivity contribution < 1.29 is 22.8 Å². The van der Waals surface area contributed by atoms with Crippen LogP contribution in [0.15, 0.2) is 4.52 Å². The number of rotatable bonds is 3. The first-order valence-electron chi connectivity index (χ1n) is 5.26. The molecule has 2 rings (SSSR count). The third-order valence-electron chi connectivity index (χ3n) is 2.77. The summed E-state index contributed by atoms with van der Waals surface area (Å²) in [5, 5.41) is 11.5. The van der Waals surface area contributed by atoms with E-state index in [1.807, 2.05) is 0 Å². The Kier molecular flexibility index (Phi) is 3.14. The topological polar surface area (TPSA) is 110 Å². The molecule has 1 saturated heterocycles. The van der Waals surface area contributed by atoms with Crippen molar-refractivity contribution in [3.63, 3.8) is 0 Å². The van der Waals surface area contributed by atoms with Gasteiger partial charge in [0.2, 0.25) is 0 Å². The molecule has 8 heteroatoms.